The van der Waals surface area contributed by atoms with E-state index in [0.717, 1.165) is 17.0 Å². The molecule has 0 radical (unpaired) electrons. The number of phenols is 3. The summed E-state index contributed by atoms with van der Waals surface area (Å²) in [6.07, 6.45) is -0.345. The molecule has 2 heterocycles. The molecule has 21 heteroatoms. The summed E-state index contributed by atoms with van der Waals surface area (Å²) >= 11 is 6.11. The molecule has 8 N–H and O–H groups in total. The SMILES string of the molecule is O=C(CN1CCN(C(=O)NC(C(=O)N[C@H]2Cc3ccc(F)c(C(=O)O)c3OB2O)c2cc(F)c(O)c(O)c2Cl)C(=O)C1=O)NCc1cccc(O)c1. The fourth-order valence-corrected chi connectivity index (χ4v) is 5.71. The third kappa shape index (κ3) is 7.61. The summed E-state index contributed by atoms with van der Waals surface area (Å²) in [5.41, 5.74) is -0.920. The van der Waals surface area contributed by atoms with E-state index in [-0.39, 0.29) is 30.8 Å². The summed E-state index contributed by atoms with van der Waals surface area (Å²) in [6, 6.07) is 5.01. The molecule has 5 rings (SSSR count). The number of carbonyl (C=O) groups is 6. The van der Waals surface area contributed by atoms with Gasteiger partial charge in [0.05, 0.1) is 11.0 Å². The molecule has 3 aromatic carbocycles. The summed E-state index contributed by atoms with van der Waals surface area (Å²) < 4.78 is 34.0. The molecule has 0 bridgehead atoms. The number of imide groups is 1. The Balaban J connectivity index is 1.32. The van der Waals surface area contributed by atoms with Gasteiger partial charge in [-0.25, -0.2) is 18.4 Å². The summed E-state index contributed by atoms with van der Waals surface area (Å²) in [5, 5.41) is 55.7. The maximum absolute atomic E-state index is 14.6. The number of carbonyl (C=O) groups excluding carboxylic acids is 5. The van der Waals surface area contributed by atoms with Gasteiger partial charge < -0.3 is 51.0 Å². The van der Waals surface area contributed by atoms with Crippen molar-refractivity contribution < 1.29 is 67.7 Å². The second kappa shape index (κ2) is 15.0. The van der Waals surface area contributed by atoms with Crippen molar-refractivity contribution in [2.75, 3.05) is 19.6 Å². The minimum absolute atomic E-state index is 0.00436. The normalized spacial score (nSPS) is 16.1. The number of aromatic carboxylic acids is 1. The standard InChI is InChI=1S/C31H27BClF2N5O12/c33-22-16(10-18(35)24(43)25(22)44)23(27(45)37-19-9-14-4-5-17(34)21(30(48)49)26(14)52-32(19)51)38-31(50)40-7-6-39(28(46)29(40)47)12-20(42)36-11-13-2-1-3-15(41)8-13/h1-5,8,10,19,23,41,43-44,51H,6-7,9,11-12H2,(H,36,42)(H,37,45)(H,38,50)(H,48,49)/t19-,23?/m0/s1. The number of phenolic OH excluding ortho intramolecular Hbond substituents is 3. The van der Waals surface area contributed by atoms with Gasteiger partial charge in [-0.3, -0.25) is 24.1 Å². The van der Waals surface area contributed by atoms with Crippen LogP contribution in [0.15, 0.2) is 42.5 Å². The summed E-state index contributed by atoms with van der Waals surface area (Å²) in [5.74, 6) is -13.4. The van der Waals surface area contributed by atoms with Gasteiger partial charge in [0.15, 0.2) is 17.3 Å². The monoisotopic (exact) mass is 745 g/mol. The second-order valence-corrected chi connectivity index (χ2v) is 11.9. The molecule has 3 aromatic rings. The molecule has 2 atom stereocenters. The van der Waals surface area contributed by atoms with Crippen molar-refractivity contribution in [1.29, 1.82) is 0 Å². The Labute approximate surface area is 296 Å². The number of benzene rings is 3. The molecule has 52 heavy (non-hydrogen) atoms. The molecular weight excluding hydrogens is 719 g/mol. The Kier molecular flexibility index (Phi) is 10.7. The third-order valence-electron chi connectivity index (χ3n) is 8.08. The Morgan fingerprint density at radius 3 is 2.42 bits per heavy atom. The van der Waals surface area contributed by atoms with Crippen LogP contribution in [0.25, 0.3) is 0 Å². The molecule has 0 saturated carbocycles. The van der Waals surface area contributed by atoms with Crippen molar-refractivity contribution in [1.82, 2.24) is 25.8 Å². The van der Waals surface area contributed by atoms with Crippen molar-refractivity contribution >= 4 is 54.3 Å². The predicted octanol–water partition coefficient (Wildman–Crippen LogP) is 0.311. The topological polar surface area (TPSA) is 255 Å². The van der Waals surface area contributed by atoms with Crippen LogP contribution in [0.4, 0.5) is 13.6 Å². The van der Waals surface area contributed by atoms with E-state index in [9.17, 15) is 63.0 Å². The Morgan fingerprint density at radius 1 is 1.00 bits per heavy atom. The van der Waals surface area contributed by atoms with Gasteiger partial charge >= 0.3 is 30.9 Å². The van der Waals surface area contributed by atoms with E-state index in [1.807, 2.05) is 0 Å². The minimum atomic E-state index is -2.10. The van der Waals surface area contributed by atoms with Crippen LogP contribution in [-0.2, 0) is 32.1 Å². The van der Waals surface area contributed by atoms with Crippen LogP contribution in [0.2, 0.25) is 5.02 Å². The number of rotatable bonds is 9. The number of amides is 6. The minimum Gasteiger partial charge on any atom is -0.534 e. The fourth-order valence-electron chi connectivity index (χ4n) is 5.46. The first-order valence-electron chi connectivity index (χ1n) is 15.1. The first-order chi connectivity index (χ1) is 24.6. The fraction of sp³-hybridized carbons (Fsp3) is 0.226. The van der Waals surface area contributed by atoms with Crippen LogP contribution >= 0.6 is 11.6 Å². The number of carboxylic acid groups (broad SMARTS) is 1. The maximum atomic E-state index is 14.6. The lowest BCUT2D eigenvalue weighted by Gasteiger charge is -2.33. The lowest BCUT2D eigenvalue weighted by molar-refractivity contribution is -0.154. The largest absolute Gasteiger partial charge is 0.547 e. The Hall–Kier alpha value is -6.15. The highest BCUT2D eigenvalue weighted by Gasteiger charge is 2.42. The number of fused-ring (bicyclic) bond motifs is 1. The zero-order valence-electron chi connectivity index (χ0n) is 26.4. The van der Waals surface area contributed by atoms with E-state index < -0.39 is 113 Å². The predicted molar refractivity (Wildman–Crippen MR) is 172 cm³/mol. The number of urea groups is 1. The van der Waals surface area contributed by atoms with Crippen molar-refractivity contribution in [3.63, 3.8) is 0 Å². The van der Waals surface area contributed by atoms with Crippen LogP contribution in [-0.4, -0.2) is 104 Å². The van der Waals surface area contributed by atoms with E-state index in [0.29, 0.717) is 16.5 Å². The van der Waals surface area contributed by atoms with Gasteiger partial charge in [-0.1, -0.05) is 29.8 Å². The number of carboxylic acids is 1. The van der Waals surface area contributed by atoms with Gasteiger partial charge in [-0.05, 0) is 41.8 Å². The summed E-state index contributed by atoms with van der Waals surface area (Å²) in [4.78, 5) is 78.2. The quantitative estimate of drug-likeness (QED) is 0.0837. The smallest absolute Gasteiger partial charge is 0.534 e. The van der Waals surface area contributed by atoms with Crippen molar-refractivity contribution in [3.05, 3.63) is 81.4 Å². The molecule has 272 valence electrons. The zero-order valence-corrected chi connectivity index (χ0v) is 27.2. The van der Waals surface area contributed by atoms with Gasteiger partial charge in [-0.2, -0.15) is 0 Å². The molecule has 1 unspecified atom stereocenters. The van der Waals surface area contributed by atoms with Crippen molar-refractivity contribution in [2.45, 2.75) is 24.9 Å². The number of nitrogens with zero attached hydrogens (tertiary/aromatic N) is 2. The highest BCUT2D eigenvalue weighted by atomic mass is 35.5. The van der Waals surface area contributed by atoms with Gasteiger partial charge in [0.2, 0.25) is 11.8 Å². The number of aromatic hydroxyl groups is 3. The average molecular weight is 746 g/mol. The molecule has 0 aliphatic carbocycles. The first-order valence-corrected chi connectivity index (χ1v) is 15.5. The third-order valence-corrected chi connectivity index (χ3v) is 8.47. The van der Waals surface area contributed by atoms with E-state index >= 15 is 0 Å². The van der Waals surface area contributed by atoms with Crippen LogP contribution in [0.1, 0.15) is 33.1 Å². The first kappa shape index (κ1) is 37.1. The molecule has 2 aliphatic rings. The summed E-state index contributed by atoms with van der Waals surface area (Å²) in [6.45, 7) is -1.38. The molecule has 1 fully saturated rings. The lowest BCUT2D eigenvalue weighted by Crippen LogP contribution is -2.61. The Morgan fingerprint density at radius 2 is 1.73 bits per heavy atom. The van der Waals surface area contributed by atoms with Crippen LogP contribution < -0.4 is 20.6 Å². The maximum Gasteiger partial charge on any atom is 0.547 e. The van der Waals surface area contributed by atoms with Gasteiger partial charge in [-0.15, -0.1) is 0 Å². The summed E-state index contributed by atoms with van der Waals surface area (Å²) in [7, 11) is -1.99. The van der Waals surface area contributed by atoms with Gasteiger partial charge in [0, 0.05) is 25.2 Å². The number of hydrogen-bond acceptors (Lipinski definition) is 11. The molecule has 1 saturated heterocycles. The van der Waals surface area contributed by atoms with Crippen molar-refractivity contribution in [2.24, 2.45) is 0 Å². The number of nitrogens with one attached hydrogen (secondary N) is 3. The molecule has 2 aliphatic heterocycles. The highest BCUT2D eigenvalue weighted by Crippen LogP contribution is 2.40. The Bertz CT molecular complexity index is 2010. The highest BCUT2D eigenvalue weighted by molar-refractivity contribution is 6.47. The van der Waals surface area contributed by atoms with E-state index in [4.69, 9.17) is 16.3 Å². The second-order valence-electron chi connectivity index (χ2n) is 11.5. The lowest BCUT2D eigenvalue weighted by atomic mass is 9.72. The molecule has 17 nitrogen and oxygen atoms in total. The van der Waals surface area contributed by atoms with Crippen molar-refractivity contribution in [3.8, 4) is 23.0 Å². The van der Waals surface area contributed by atoms with E-state index in [2.05, 4.69) is 16.0 Å². The van der Waals surface area contributed by atoms with E-state index in [1.165, 1.54) is 12.1 Å². The molecule has 0 spiro atoms. The van der Waals surface area contributed by atoms with Crippen LogP contribution in [0.3, 0.4) is 0 Å². The van der Waals surface area contributed by atoms with Crippen LogP contribution in [0.5, 0.6) is 23.0 Å². The zero-order chi connectivity index (χ0) is 38.0. The molecule has 0 aromatic heterocycles. The average Bonchev–Trinajstić information content (AvgIpc) is 3.09. The number of piperazine rings is 1. The van der Waals surface area contributed by atoms with Gasteiger partial charge in [0.25, 0.3) is 0 Å². The number of hydrogen-bond donors (Lipinski definition) is 8. The molecular formula is C31H27BClF2N5O12. The van der Waals surface area contributed by atoms with E-state index in [1.54, 1.807) is 12.1 Å². The van der Waals surface area contributed by atoms with Gasteiger partial charge in [0.1, 0.15) is 35.5 Å². The number of halogens is 3. The molecule has 6 amide bonds. The van der Waals surface area contributed by atoms with Crippen LogP contribution in [0, 0.1) is 11.6 Å².